The lowest BCUT2D eigenvalue weighted by atomic mass is 9.97. The molecule has 0 spiro atoms. The van der Waals surface area contributed by atoms with Gasteiger partial charge in [-0.2, -0.15) is 0 Å². The summed E-state index contributed by atoms with van der Waals surface area (Å²) in [6.45, 7) is 4.09. The quantitative estimate of drug-likeness (QED) is 0.664. The second kappa shape index (κ2) is 11.3. The van der Waals surface area contributed by atoms with Gasteiger partial charge in [0.05, 0.1) is 19.1 Å². The first kappa shape index (κ1) is 21.7. The minimum absolute atomic E-state index is 0. The molecule has 0 aliphatic carbocycles. The molecule has 0 saturated carbocycles. The molecule has 0 heterocycles. The molecule has 0 bridgehead atoms. The molecule has 1 rings (SSSR count). The van der Waals surface area contributed by atoms with E-state index in [-0.39, 0.29) is 43.4 Å². The summed E-state index contributed by atoms with van der Waals surface area (Å²) in [4.78, 5) is 23.1. The van der Waals surface area contributed by atoms with Crippen molar-refractivity contribution in [3.05, 3.63) is 34.9 Å². The molecule has 0 aromatic heterocycles. The van der Waals surface area contributed by atoms with E-state index in [1.54, 1.807) is 0 Å². The number of hydrogen-bond acceptors (Lipinski definition) is 3. The van der Waals surface area contributed by atoms with Crippen molar-refractivity contribution in [3.63, 3.8) is 0 Å². The molecule has 5 nitrogen and oxygen atoms in total. The van der Waals surface area contributed by atoms with Crippen LogP contribution in [0.2, 0.25) is 5.02 Å². The number of carbonyl (C=O) groups is 2. The van der Waals surface area contributed by atoms with E-state index < -0.39 is 0 Å². The van der Waals surface area contributed by atoms with Crippen LogP contribution in [0.1, 0.15) is 38.3 Å². The molecule has 130 valence electrons. The fourth-order valence-electron chi connectivity index (χ4n) is 2.01. The number of hydrogen-bond donors (Lipinski definition) is 3. The fraction of sp³-hybridized carbons (Fsp3) is 0.500. The molecule has 0 aliphatic rings. The maximum absolute atomic E-state index is 12.0. The lowest BCUT2D eigenvalue weighted by Gasteiger charge is -2.20. The predicted octanol–water partition coefficient (Wildman–Crippen LogP) is 2.43. The van der Waals surface area contributed by atoms with Crippen LogP contribution in [0, 0.1) is 5.92 Å². The highest BCUT2D eigenvalue weighted by atomic mass is 35.5. The Bertz CT molecular complexity index is 493. The van der Waals surface area contributed by atoms with Gasteiger partial charge in [-0.05, 0) is 36.5 Å². The fourth-order valence-corrected chi connectivity index (χ4v) is 2.14. The van der Waals surface area contributed by atoms with Gasteiger partial charge in [0.15, 0.2) is 0 Å². The van der Waals surface area contributed by atoms with Crippen molar-refractivity contribution in [2.75, 3.05) is 13.1 Å². The van der Waals surface area contributed by atoms with E-state index in [4.69, 9.17) is 17.3 Å². The summed E-state index contributed by atoms with van der Waals surface area (Å²) >= 11 is 5.90. The van der Waals surface area contributed by atoms with Crippen molar-refractivity contribution in [2.24, 2.45) is 11.7 Å². The van der Waals surface area contributed by atoms with Crippen LogP contribution in [0.15, 0.2) is 24.3 Å². The summed E-state index contributed by atoms with van der Waals surface area (Å²) in [5, 5.41) is 6.08. The van der Waals surface area contributed by atoms with E-state index in [1.807, 2.05) is 24.3 Å². The summed E-state index contributed by atoms with van der Waals surface area (Å²) < 4.78 is 0. The number of halogens is 2. The van der Waals surface area contributed by atoms with Gasteiger partial charge < -0.3 is 16.4 Å². The topological polar surface area (TPSA) is 84.2 Å². The molecular formula is C16H25Cl2N3O2. The molecule has 0 saturated heterocycles. The van der Waals surface area contributed by atoms with E-state index in [9.17, 15) is 9.59 Å². The third-order valence-corrected chi connectivity index (χ3v) is 3.52. The standard InChI is InChI=1S/C16H24ClN3O2.ClH/c1-11(2)3-8-14(12-4-6-13(17)7-5-12)20-16(22)10-19-15(21)9-18;/h4-7,11,14H,3,8-10,18H2,1-2H3,(H,19,21)(H,20,22);1H. The second-order valence-corrected chi connectivity index (χ2v) is 6.06. The Balaban J connectivity index is 0.00000484. The Kier molecular flexibility index (Phi) is 10.6. The number of carbonyl (C=O) groups excluding carboxylic acids is 2. The number of nitrogens with one attached hydrogen (secondary N) is 2. The van der Waals surface area contributed by atoms with Crippen LogP contribution < -0.4 is 16.4 Å². The van der Waals surface area contributed by atoms with Crippen LogP contribution in [0.3, 0.4) is 0 Å². The molecule has 1 atom stereocenters. The average Bonchev–Trinajstić information content (AvgIpc) is 2.49. The number of nitrogens with two attached hydrogens (primary N) is 1. The highest BCUT2D eigenvalue weighted by Gasteiger charge is 2.15. The van der Waals surface area contributed by atoms with Crippen molar-refractivity contribution in [3.8, 4) is 0 Å². The molecule has 7 heteroatoms. The molecule has 0 fully saturated rings. The Hall–Kier alpha value is -1.30. The monoisotopic (exact) mass is 361 g/mol. The van der Waals surface area contributed by atoms with Crippen LogP contribution in [0.5, 0.6) is 0 Å². The second-order valence-electron chi connectivity index (χ2n) is 5.62. The molecule has 2 amide bonds. The lowest BCUT2D eigenvalue weighted by molar-refractivity contribution is -0.125. The first-order chi connectivity index (χ1) is 10.4. The van der Waals surface area contributed by atoms with Crippen LogP contribution >= 0.6 is 24.0 Å². The van der Waals surface area contributed by atoms with Crippen molar-refractivity contribution in [1.29, 1.82) is 0 Å². The zero-order valence-electron chi connectivity index (χ0n) is 13.5. The third kappa shape index (κ3) is 8.79. The highest BCUT2D eigenvalue weighted by molar-refractivity contribution is 6.30. The zero-order chi connectivity index (χ0) is 16.5. The summed E-state index contributed by atoms with van der Waals surface area (Å²) in [5.41, 5.74) is 6.19. The maximum Gasteiger partial charge on any atom is 0.239 e. The van der Waals surface area contributed by atoms with Gasteiger partial charge in [-0.3, -0.25) is 9.59 Å². The molecule has 0 radical (unpaired) electrons. The van der Waals surface area contributed by atoms with E-state index in [0.29, 0.717) is 10.9 Å². The zero-order valence-corrected chi connectivity index (χ0v) is 15.0. The molecule has 0 aliphatic heterocycles. The number of amides is 2. The molecule has 1 unspecified atom stereocenters. The Morgan fingerprint density at radius 2 is 1.74 bits per heavy atom. The molecule has 23 heavy (non-hydrogen) atoms. The first-order valence-corrected chi connectivity index (χ1v) is 7.81. The van der Waals surface area contributed by atoms with Crippen molar-refractivity contribution in [1.82, 2.24) is 10.6 Å². The number of benzene rings is 1. The molecular weight excluding hydrogens is 337 g/mol. The predicted molar refractivity (Wildman–Crippen MR) is 95.7 cm³/mol. The molecule has 1 aromatic carbocycles. The Morgan fingerprint density at radius 3 is 2.26 bits per heavy atom. The summed E-state index contributed by atoms with van der Waals surface area (Å²) in [6, 6.07) is 7.34. The summed E-state index contributed by atoms with van der Waals surface area (Å²) in [6.07, 6.45) is 1.82. The first-order valence-electron chi connectivity index (χ1n) is 7.44. The van der Waals surface area contributed by atoms with Crippen LogP contribution in [0.25, 0.3) is 0 Å². The minimum Gasteiger partial charge on any atom is -0.348 e. The van der Waals surface area contributed by atoms with Crippen LogP contribution in [-0.4, -0.2) is 24.9 Å². The van der Waals surface area contributed by atoms with E-state index in [0.717, 1.165) is 18.4 Å². The van der Waals surface area contributed by atoms with E-state index in [1.165, 1.54) is 0 Å². The van der Waals surface area contributed by atoms with Crippen LogP contribution in [0.4, 0.5) is 0 Å². The van der Waals surface area contributed by atoms with Gasteiger partial charge in [0.1, 0.15) is 0 Å². The summed E-state index contributed by atoms with van der Waals surface area (Å²) in [5.74, 6) is -0.0328. The van der Waals surface area contributed by atoms with Gasteiger partial charge >= 0.3 is 0 Å². The van der Waals surface area contributed by atoms with Gasteiger partial charge in [0.25, 0.3) is 0 Å². The van der Waals surface area contributed by atoms with Gasteiger partial charge in [-0.1, -0.05) is 37.6 Å². The Morgan fingerprint density at radius 1 is 1.13 bits per heavy atom. The summed E-state index contributed by atoms with van der Waals surface area (Å²) in [7, 11) is 0. The largest absolute Gasteiger partial charge is 0.348 e. The van der Waals surface area contributed by atoms with Gasteiger partial charge in [-0.25, -0.2) is 0 Å². The van der Waals surface area contributed by atoms with Gasteiger partial charge in [-0.15, -0.1) is 12.4 Å². The van der Waals surface area contributed by atoms with Crippen molar-refractivity contribution in [2.45, 2.75) is 32.7 Å². The SMILES string of the molecule is CC(C)CCC(NC(=O)CNC(=O)CN)c1ccc(Cl)cc1.Cl. The number of rotatable bonds is 8. The smallest absolute Gasteiger partial charge is 0.239 e. The normalized spacial score (nSPS) is 11.5. The van der Waals surface area contributed by atoms with Crippen molar-refractivity contribution >= 4 is 35.8 Å². The van der Waals surface area contributed by atoms with Gasteiger partial charge in [0.2, 0.25) is 11.8 Å². The average molecular weight is 362 g/mol. The van der Waals surface area contributed by atoms with E-state index >= 15 is 0 Å². The molecule has 4 N–H and O–H groups in total. The molecule has 1 aromatic rings. The maximum atomic E-state index is 12.0. The minimum atomic E-state index is -0.347. The van der Waals surface area contributed by atoms with Gasteiger partial charge in [0, 0.05) is 5.02 Å². The van der Waals surface area contributed by atoms with Crippen LogP contribution in [-0.2, 0) is 9.59 Å². The van der Waals surface area contributed by atoms with Crippen molar-refractivity contribution < 1.29 is 9.59 Å². The lowest BCUT2D eigenvalue weighted by Crippen LogP contribution is -2.40. The Labute approximate surface area is 148 Å². The third-order valence-electron chi connectivity index (χ3n) is 3.27. The highest BCUT2D eigenvalue weighted by Crippen LogP contribution is 2.22. The van der Waals surface area contributed by atoms with E-state index in [2.05, 4.69) is 24.5 Å².